The molecular formula is C9H13BrN2S. The molecule has 3 N–H and O–H groups in total. The highest BCUT2D eigenvalue weighted by Gasteiger charge is 2.37. The molecule has 1 aliphatic carbocycles. The van der Waals surface area contributed by atoms with E-state index in [1.54, 1.807) is 11.3 Å². The Morgan fingerprint density at radius 1 is 1.62 bits per heavy atom. The Hall–Kier alpha value is 0.100. The molecule has 0 aromatic carbocycles. The number of nitrogens with two attached hydrogens (primary N) is 1. The van der Waals surface area contributed by atoms with Crippen LogP contribution in [0.2, 0.25) is 0 Å². The fourth-order valence-corrected chi connectivity index (χ4v) is 2.68. The van der Waals surface area contributed by atoms with Gasteiger partial charge in [0.25, 0.3) is 0 Å². The molecule has 0 atom stereocenters. The van der Waals surface area contributed by atoms with E-state index in [1.165, 1.54) is 22.2 Å². The third kappa shape index (κ3) is 2.53. The molecule has 0 spiro atoms. The standard InChI is InChI=1S/C9H13BrN2S/c10-7-1-4-13-8(7)5-12-6-9(11)2-3-9/h1,4,12H,2-3,5-6,11H2. The summed E-state index contributed by atoms with van der Waals surface area (Å²) in [5, 5.41) is 5.48. The van der Waals surface area contributed by atoms with Crippen LogP contribution in [0.5, 0.6) is 0 Å². The van der Waals surface area contributed by atoms with E-state index in [1.807, 2.05) is 0 Å². The van der Waals surface area contributed by atoms with Crippen molar-refractivity contribution in [1.82, 2.24) is 5.32 Å². The molecule has 13 heavy (non-hydrogen) atoms. The lowest BCUT2D eigenvalue weighted by Crippen LogP contribution is -2.35. The summed E-state index contributed by atoms with van der Waals surface area (Å²) < 4.78 is 1.20. The summed E-state index contributed by atoms with van der Waals surface area (Å²) in [6.07, 6.45) is 2.34. The first-order valence-electron chi connectivity index (χ1n) is 4.41. The molecule has 0 bridgehead atoms. The van der Waals surface area contributed by atoms with Gasteiger partial charge in [-0.15, -0.1) is 11.3 Å². The Morgan fingerprint density at radius 3 is 2.92 bits per heavy atom. The summed E-state index contributed by atoms with van der Waals surface area (Å²) in [5.41, 5.74) is 6.07. The van der Waals surface area contributed by atoms with Crippen LogP contribution in [-0.4, -0.2) is 12.1 Å². The van der Waals surface area contributed by atoms with Gasteiger partial charge in [-0.1, -0.05) is 0 Å². The first kappa shape index (κ1) is 9.65. The van der Waals surface area contributed by atoms with Crippen molar-refractivity contribution in [1.29, 1.82) is 0 Å². The first-order valence-corrected chi connectivity index (χ1v) is 6.08. The summed E-state index contributed by atoms with van der Waals surface area (Å²) in [6, 6.07) is 2.08. The Morgan fingerprint density at radius 2 is 2.38 bits per heavy atom. The van der Waals surface area contributed by atoms with Gasteiger partial charge in [0.05, 0.1) is 0 Å². The van der Waals surface area contributed by atoms with E-state index in [0.29, 0.717) is 0 Å². The molecule has 0 aliphatic heterocycles. The van der Waals surface area contributed by atoms with Crippen molar-refractivity contribution >= 4 is 27.3 Å². The van der Waals surface area contributed by atoms with Crippen LogP contribution in [0.25, 0.3) is 0 Å². The summed E-state index contributed by atoms with van der Waals surface area (Å²) in [7, 11) is 0. The van der Waals surface area contributed by atoms with Crippen molar-refractivity contribution in [3.8, 4) is 0 Å². The number of hydrogen-bond donors (Lipinski definition) is 2. The second-order valence-corrected chi connectivity index (χ2v) is 5.51. The molecule has 1 heterocycles. The van der Waals surface area contributed by atoms with Gasteiger partial charge in [0, 0.05) is 28.0 Å². The zero-order chi connectivity index (χ0) is 9.31. The smallest absolute Gasteiger partial charge is 0.0327 e. The monoisotopic (exact) mass is 260 g/mol. The minimum Gasteiger partial charge on any atom is -0.324 e. The highest BCUT2D eigenvalue weighted by molar-refractivity contribution is 9.10. The van der Waals surface area contributed by atoms with E-state index in [2.05, 4.69) is 32.7 Å². The third-order valence-corrected chi connectivity index (χ3v) is 4.27. The highest BCUT2D eigenvalue weighted by Crippen LogP contribution is 2.31. The Kier molecular flexibility index (Phi) is 2.74. The number of hydrogen-bond acceptors (Lipinski definition) is 3. The second-order valence-electron chi connectivity index (χ2n) is 3.66. The van der Waals surface area contributed by atoms with Gasteiger partial charge in [0.2, 0.25) is 0 Å². The van der Waals surface area contributed by atoms with Crippen molar-refractivity contribution < 1.29 is 0 Å². The van der Waals surface area contributed by atoms with Crippen molar-refractivity contribution in [3.05, 3.63) is 20.8 Å². The van der Waals surface area contributed by atoms with Crippen LogP contribution in [0.1, 0.15) is 17.7 Å². The molecule has 1 saturated carbocycles. The van der Waals surface area contributed by atoms with Crippen LogP contribution >= 0.6 is 27.3 Å². The van der Waals surface area contributed by atoms with E-state index in [9.17, 15) is 0 Å². The molecule has 2 rings (SSSR count). The van der Waals surface area contributed by atoms with E-state index in [-0.39, 0.29) is 5.54 Å². The van der Waals surface area contributed by atoms with Gasteiger partial charge in [-0.05, 0) is 40.2 Å². The SMILES string of the molecule is NC1(CNCc2sccc2Br)CC1. The maximum absolute atomic E-state index is 5.95. The molecule has 72 valence electrons. The highest BCUT2D eigenvalue weighted by atomic mass is 79.9. The fraction of sp³-hybridized carbons (Fsp3) is 0.556. The molecule has 1 aliphatic rings. The minimum atomic E-state index is 0.115. The van der Waals surface area contributed by atoms with Crippen molar-refractivity contribution in [3.63, 3.8) is 0 Å². The van der Waals surface area contributed by atoms with E-state index in [4.69, 9.17) is 5.73 Å². The lowest BCUT2D eigenvalue weighted by molar-refractivity contribution is 0.571. The Bertz CT molecular complexity index is 294. The molecule has 0 saturated heterocycles. The predicted molar refractivity (Wildman–Crippen MR) is 59.9 cm³/mol. The molecule has 0 radical (unpaired) electrons. The number of rotatable bonds is 4. The third-order valence-electron chi connectivity index (χ3n) is 2.35. The van der Waals surface area contributed by atoms with E-state index in [0.717, 1.165) is 13.1 Å². The summed E-state index contributed by atoms with van der Waals surface area (Å²) in [6.45, 7) is 1.87. The zero-order valence-electron chi connectivity index (χ0n) is 7.35. The zero-order valence-corrected chi connectivity index (χ0v) is 9.75. The van der Waals surface area contributed by atoms with Gasteiger partial charge in [0.15, 0.2) is 0 Å². The number of halogens is 1. The van der Waals surface area contributed by atoms with Gasteiger partial charge >= 0.3 is 0 Å². The van der Waals surface area contributed by atoms with Crippen LogP contribution in [0.15, 0.2) is 15.9 Å². The Labute approximate surface area is 90.6 Å². The maximum atomic E-state index is 5.95. The van der Waals surface area contributed by atoms with E-state index < -0.39 is 0 Å². The molecule has 1 aromatic rings. The average molecular weight is 261 g/mol. The molecule has 1 aromatic heterocycles. The normalized spacial score (nSPS) is 18.9. The van der Waals surface area contributed by atoms with Gasteiger partial charge in [0.1, 0.15) is 0 Å². The maximum Gasteiger partial charge on any atom is 0.0327 e. The van der Waals surface area contributed by atoms with Crippen molar-refractivity contribution in [2.75, 3.05) is 6.54 Å². The van der Waals surface area contributed by atoms with Crippen LogP contribution in [-0.2, 0) is 6.54 Å². The van der Waals surface area contributed by atoms with Crippen molar-refractivity contribution in [2.24, 2.45) is 5.73 Å². The van der Waals surface area contributed by atoms with Gasteiger partial charge in [-0.2, -0.15) is 0 Å². The van der Waals surface area contributed by atoms with Crippen LogP contribution < -0.4 is 11.1 Å². The fourth-order valence-electron chi connectivity index (χ4n) is 1.21. The first-order chi connectivity index (χ1) is 6.20. The molecule has 0 unspecified atom stereocenters. The minimum absolute atomic E-state index is 0.115. The lowest BCUT2D eigenvalue weighted by atomic mass is 10.3. The predicted octanol–water partition coefficient (Wildman–Crippen LogP) is 2.09. The Balaban J connectivity index is 1.77. The van der Waals surface area contributed by atoms with Crippen LogP contribution in [0.4, 0.5) is 0 Å². The summed E-state index contributed by atoms with van der Waals surface area (Å²) in [5.74, 6) is 0. The largest absolute Gasteiger partial charge is 0.324 e. The topological polar surface area (TPSA) is 38.0 Å². The van der Waals surface area contributed by atoms with Gasteiger partial charge in [-0.25, -0.2) is 0 Å². The molecule has 0 amide bonds. The molecule has 2 nitrogen and oxygen atoms in total. The van der Waals surface area contributed by atoms with Crippen molar-refractivity contribution in [2.45, 2.75) is 24.9 Å². The summed E-state index contributed by atoms with van der Waals surface area (Å²) in [4.78, 5) is 1.35. The molecule has 4 heteroatoms. The van der Waals surface area contributed by atoms with Gasteiger partial charge in [-0.3, -0.25) is 0 Å². The second kappa shape index (κ2) is 3.69. The molecule has 1 fully saturated rings. The molecular weight excluding hydrogens is 248 g/mol. The van der Waals surface area contributed by atoms with E-state index >= 15 is 0 Å². The average Bonchev–Trinajstić information content (AvgIpc) is 2.68. The number of thiophene rings is 1. The lowest BCUT2D eigenvalue weighted by Gasteiger charge is -2.09. The van der Waals surface area contributed by atoms with Crippen LogP contribution in [0, 0.1) is 0 Å². The van der Waals surface area contributed by atoms with Crippen LogP contribution in [0.3, 0.4) is 0 Å². The quantitative estimate of drug-likeness (QED) is 0.871. The summed E-state index contributed by atoms with van der Waals surface area (Å²) >= 11 is 5.27. The van der Waals surface area contributed by atoms with Gasteiger partial charge < -0.3 is 11.1 Å². The number of nitrogens with one attached hydrogen (secondary N) is 1.